The van der Waals surface area contributed by atoms with Crippen LogP contribution in [0.1, 0.15) is 5.69 Å². The van der Waals surface area contributed by atoms with Gasteiger partial charge in [-0.1, -0.05) is 52.6 Å². The zero-order chi connectivity index (χ0) is 22.2. The molecule has 10 heteroatoms. The first-order valence-corrected chi connectivity index (χ1v) is 9.98. The summed E-state index contributed by atoms with van der Waals surface area (Å²) in [7, 11) is 0. The summed E-state index contributed by atoms with van der Waals surface area (Å²) in [5.74, 6) is 0.0325. The lowest BCUT2D eigenvalue weighted by molar-refractivity contribution is 0.427. The molecule has 0 aliphatic heterocycles. The SMILES string of the molecule is N#Cc1cc(-c2nnc3c(-c4ccc(Cl)cc4)c(-c4ccc(Cl)cc4)cnn3c2=O)on1. The molecule has 0 amide bonds. The van der Waals surface area contributed by atoms with Crippen molar-refractivity contribution in [2.45, 2.75) is 0 Å². The van der Waals surface area contributed by atoms with E-state index >= 15 is 0 Å². The molecule has 5 rings (SSSR count). The van der Waals surface area contributed by atoms with Gasteiger partial charge in [0.05, 0.1) is 6.20 Å². The molecule has 0 fully saturated rings. The highest BCUT2D eigenvalue weighted by atomic mass is 35.5. The minimum atomic E-state index is -0.562. The molecule has 32 heavy (non-hydrogen) atoms. The molecule has 8 nitrogen and oxygen atoms in total. The van der Waals surface area contributed by atoms with Crippen molar-refractivity contribution in [3.63, 3.8) is 0 Å². The highest BCUT2D eigenvalue weighted by Crippen LogP contribution is 2.35. The third-order valence-electron chi connectivity index (χ3n) is 4.78. The maximum Gasteiger partial charge on any atom is 0.304 e. The molecular weight excluding hydrogens is 451 g/mol. The lowest BCUT2D eigenvalue weighted by Gasteiger charge is -2.13. The first-order valence-electron chi connectivity index (χ1n) is 9.23. The fraction of sp³-hybridized carbons (Fsp3) is 0. The molecule has 0 N–H and O–H groups in total. The molecular formula is C22H10Cl2N6O2. The zero-order valence-corrected chi connectivity index (χ0v) is 17.5. The Morgan fingerprint density at radius 2 is 1.59 bits per heavy atom. The summed E-state index contributed by atoms with van der Waals surface area (Å²) in [6.07, 6.45) is 1.58. The fourth-order valence-corrected chi connectivity index (χ4v) is 3.54. The van der Waals surface area contributed by atoms with Gasteiger partial charge in [0.2, 0.25) is 0 Å². The Bertz CT molecular complexity index is 1570. The highest BCUT2D eigenvalue weighted by Gasteiger charge is 2.20. The summed E-state index contributed by atoms with van der Waals surface area (Å²) < 4.78 is 6.20. The minimum Gasteiger partial charge on any atom is -0.353 e. The molecule has 0 aliphatic carbocycles. The largest absolute Gasteiger partial charge is 0.353 e. The summed E-state index contributed by atoms with van der Waals surface area (Å²) in [5.41, 5.74) is 2.59. The first-order chi connectivity index (χ1) is 15.5. The van der Waals surface area contributed by atoms with E-state index in [-0.39, 0.29) is 22.8 Å². The van der Waals surface area contributed by atoms with Crippen molar-refractivity contribution in [3.05, 3.63) is 86.9 Å². The molecule has 3 aromatic heterocycles. The van der Waals surface area contributed by atoms with Gasteiger partial charge in [-0.3, -0.25) is 4.79 Å². The van der Waals surface area contributed by atoms with Gasteiger partial charge in [0.15, 0.2) is 22.8 Å². The number of fused-ring (bicyclic) bond motifs is 1. The molecule has 154 valence electrons. The third kappa shape index (κ3) is 3.39. The van der Waals surface area contributed by atoms with Gasteiger partial charge in [0.1, 0.15) is 6.07 Å². The number of halogens is 2. The van der Waals surface area contributed by atoms with Crippen LogP contribution in [0.4, 0.5) is 0 Å². The molecule has 0 radical (unpaired) electrons. The van der Waals surface area contributed by atoms with Crippen molar-refractivity contribution >= 4 is 28.8 Å². The second kappa shape index (κ2) is 7.89. The number of aromatic nitrogens is 5. The number of hydrogen-bond acceptors (Lipinski definition) is 7. The molecule has 0 saturated heterocycles. The van der Waals surface area contributed by atoms with Gasteiger partial charge in [-0.05, 0) is 35.4 Å². The van der Waals surface area contributed by atoms with E-state index in [2.05, 4.69) is 20.5 Å². The van der Waals surface area contributed by atoms with Crippen molar-refractivity contribution < 1.29 is 4.52 Å². The van der Waals surface area contributed by atoms with Crippen molar-refractivity contribution in [3.8, 4) is 39.8 Å². The van der Waals surface area contributed by atoms with Gasteiger partial charge in [-0.15, -0.1) is 10.2 Å². The summed E-state index contributed by atoms with van der Waals surface area (Å²) >= 11 is 12.1. The summed E-state index contributed by atoms with van der Waals surface area (Å²) in [6, 6.07) is 17.6. The molecule has 0 spiro atoms. The zero-order valence-electron chi connectivity index (χ0n) is 16.0. The van der Waals surface area contributed by atoms with Crippen molar-refractivity contribution in [1.82, 2.24) is 25.0 Å². The van der Waals surface area contributed by atoms with E-state index in [9.17, 15) is 4.79 Å². The average molecular weight is 461 g/mol. The van der Waals surface area contributed by atoms with E-state index in [0.717, 1.165) is 21.2 Å². The van der Waals surface area contributed by atoms with Crippen LogP contribution >= 0.6 is 23.2 Å². The van der Waals surface area contributed by atoms with Crippen molar-refractivity contribution in [2.24, 2.45) is 0 Å². The monoisotopic (exact) mass is 460 g/mol. The minimum absolute atomic E-state index is 0.0270. The molecule has 0 bridgehead atoms. The van der Waals surface area contributed by atoms with Gasteiger partial charge in [-0.25, -0.2) is 0 Å². The molecule has 0 atom stereocenters. The van der Waals surface area contributed by atoms with Crippen molar-refractivity contribution in [1.29, 1.82) is 5.26 Å². The Morgan fingerprint density at radius 1 is 0.938 bits per heavy atom. The van der Waals surface area contributed by atoms with E-state index < -0.39 is 5.56 Å². The van der Waals surface area contributed by atoms with Gasteiger partial charge < -0.3 is 4.52 Å². The predicted molar refractivity (Wildman–Crippen MR) is 118 cm³/mol. The van der Waals surface area contributed by atoms with Crippen LogP contribution in [0.3, 0.4) is 0 Å². The Morgan fingerprint density at radius 3 is 2.22 bits per heavy atom. The lowest BCUT2D eigenvalue weighted by atomic mass is 9.97. The topological polar surface area (TPSA) is 110 Å². The fourth-order valence-electron chi connectivity index (χ4n) is 3.29. The summed E-state index contributed by atoms with van der Waals surface area (Å²) in [5, 5.41) is 26.3. The molecule has 0 aliphatic rings. The molecule has 3 heterocycles. The maximum absolute atomic E-state index is 13.1. The molecule has 0 unspecified atom stereocenters. The summed E-state index contributed by atoms with van der Waals surface area (Å²) in [6.45, 7) is 0. The Balaban J connectivity index is 1.80. The van der Waals surface area contributed by atoms with Gasteiger partial charge >= 0.3 is 5.56 Å². The van der Waals surface area contributed by atoms with E-state index in [1.807, 2.05) is 30.3 Å². The Hall–Kier alpha value is -4.06. The van der Waals surface area contributed by atoms with Crippen LogP contribution in [0.25, 0.3) is 39.4 Å². The number of hydrogen-bond donors (Lipinski definition) is 0. The van der Waals surface area contributed by atoms with Crippen LogP contribution < -0.4 is 5.56 Å². The quantitative estimate of drug-likeness (QED) is 0.385. The Kier molecular flexibility index (Phi) is 4.90. The third-order valence-corrected chi connectivity index (χ3v) is 5.29. The van der Waals surface area contributed by atoms with E-state index in [0.29, 0.717) is 15.6 Å². The lowest BCUT2D eigenvalue weighted by Crippen LogP contribution is -2.22. The predicted octanol–water partition coefficient (Wildman–Crippen LogP) is 4.65. The number of nitrogens with zero attached hydrogens (tertiary/aromatic N) is 6. The van der Waals surface area contributed by atoms with E-state index in [4.69, 9.17) is 33.0 Å². The van der Waals surface area contributed by atoms with Crippen LogP contribution in [0.2, 0.25) is 10.0 Å². The summed E-state index contributed by atoms with van der Waals surface area (Å²) in [4.78, 5) is 13.1. The van der Waals surface area contributed by atoms with Crippen LogP contribution in [0.15, 0.2) is 70.1 Å². The van der Waals surface area contributed by atoms with Gasteiger partial charge in [-0.2, -0.15) is 14.9 Å². The Labute approximate surface area is 190 Å². The first kappa shape index (κ1) is 19.9. The average Bonchev–Trinajstić information content (AvgIpc) is 3.29. The van der Waals surface area contributed by atoms with Crippen LogP contribution in [-0.4, -0.2) is 25.0 Å². The number of rotatable bonds is 3. The van der Waals surface area contributed by atoms with Crippen molar-refractivity contribution in [2.75, 3.05) is 0 Å². The molecule has 5 aromatic rings. The molecule has 0 saturated carbocycles. The highest BCUT2D eigenvalue weighted by molar-refractivity contribution is 6.31. The maximum atomic E-state index is 13.1. The van der Waals surface area contributed by atoms with Gasteiger partial charge in [0, 0.05) is 27.2 Å². The van der Waals surface area contributed by atoms with E-state index in [1.165, 1.54) is 6.07 Å². The van der Waals surface area contributed by atoms with Crippen LogP contribution in [0.5, 0.6) is 0 Å². The standard InChI is InChI=1S/C22H10Cl2N6O2/c23-14-5-1-12(2-6-14)17-11-26-30-21(19(17)13-3-7-15(24)8-4-13)28-27-20(22(30)31)18-9-16(10-25)29-32-18/h1-9,11H. The number of nitriles is 1. The number of benzene rings is 2. The van der Waals surface area contributed by atoms with E-state index in [1.54, 1.807) is 30.5 Å². The second-order valence-corrected chi connectivity index (χ2v) is 7.60. The van der Waals surface area contributed by atoms with Crippen LogP contribution in [-0.2, 0) is 0 Å². The van der Waals surface area contributed by atoms with Crippen LogP contribution in [0, 0.1) is 11.3 Å². The molecule has 2 aromatic carbocycles. The second-order valence-electron chi connectivity index (χ2n) is 6.72. The smallest absolute Gasteiger partial charge is 0.304 e. The normalized spacial score (nSPS) is 10.9. The van der Waals surface area contributed by atoms with Gasteiger partial charge in [0.25, 0.3) is 0 Å².